The molecule has 0 atom stereocenters. The number of rotatable bonds is 7. The number of anilines is 3. The highest BCUT2D eigenvalue weighted by Crippen LogP contribution is 2.25. The molecule has 5 nitrogen and oxygen atoms in total. The zero-order chi connectivity index (χ0) is 18.2. The van der Waals surface area contributed by atoms with Crippen LogP contribution >= 0.6 is 11.6 Å². The minimum absolute atomic E-state index is 0.0243. The molecule has 3 N–H and O–H groups in total. The van der Waals surface area contributed by atoms with Gasteiger partial charge in [0.1, 0.15) is 5.82 Å². The quantitative estimate of drug-likeness (QED) is 0.688. The lowest BCUT2D eigenvalue weighted by Gasteiger charge is -2.11. The lowest BCUT2D eigenvalue weighted by Crippen LogP contribution is -2.22. The van der Waals surface area contributed by atoms with Crippen LogP contribution in [0.1, 0.15) is 19.8 Å². The summed E-state index contributed by atoms with van der Waals surface area (Å²) in [4.78, 5) is 23.6. The smallest absolute Gasteiger partial charge is 0.243 e. The lowest BCUT2D eigenvalue weighted by molar-refractivity contribution is -0.116. The summed E-state index contributed by atoms with van der Waals surface area (Å²) >= 11 is 6.11. The van der Waals surface area contributed by atoms with Gasteiger partial charge in [-0.25, -0.2) is 4.39 Å². The average molecular weight is 364 g/mol. The maximum atomic E-state index is 12.8. The van der Waals surface area contributed by atoms with Crippen molar-refractivity contribution in [2.24, 2.45) is 0 Å². The van der Waals surface area contributed by atoms with Gasteiger partial charge in [-0.05, 0) is 48.9 Å². The molecule has 0 aromatic heterocycles. The fraction of sp³-hybridized carbons (Fsp3) is 0.222. The van der Waals surface area contributed by atoms with Crippen LogP contribution in [0.25, 0.3) is 0 Å². The SMILES string of the molecule is CCCC(=O)Nc1ccc(Cl)c(NCC(=O)Nc2ccc(F)cc2)c1. The minimum Gasteiger partial charge on any atom is -0.375 e. The normalized spacial score (nSPS) is 10.2. The van der Waals surface area contributed by atoms with E-state index in [4.69, 9.17) is 11.6 Å². The standard InChI is InChI=1S/C18H19ClFN3O2/c1-2-3-17(24)23-14-8-9-15(19)16(10-14)21-11-18(25)22-13-6-4-12(20)5-7-13/h4-10,21H,2-3,11H2,1H3,(H,22,25)(H,23,24). The third kappa shape index (κ3) is 6.08. The third-order valence-corrected chi connectivity index (χ3v) is 3.62. The summed E-state index contributed by atoms with van der Waals surface area (Å²) < 4.78 is 12.8. The number of carbonyl (C=O) groups is 2. The summed E-state index contributed by atoms with van der Waals surface area (Å²) in [6.45, 7) is 1.90. The van der Waals surface area contributed by atoms with Crippen LogP contribution in [0.15, 0.2) is 42.5 Å². The van der Waals surface area contributed by atoms with Gasteiger partial charge in [0.15, 0.2) is 0 Å². The first kappa shape index (κ1) is 18.7. The molecular formula is C18H19ClFN3O2. The molecule has 0 aliphatic rings. The Morgan fingerprint density at radius 1 is 1.00 bits per heavy atom. The van der Waals surface area contributed by atoms with E-state index < -0.39 is 0 Å². The molecular weight excluding hydrogens is 345 g/mol. The Bertz CT molecular complexity index is 750. The Balaban J connectivity index is 1.93. The van der Waals surface area contributed by atoms with Crippen molar-refractivity contribution in [3.8, 4) is 0 Å². The number of amides is 2. The van der Waals surface area contributed by atoms with Gasteiger partial charge in [-0.3, -0.25) is 9.59 Å². The van der Waals surface area contributed by atoms with E-state index >= 15 is 0 Å². The number of hydrogen-bond acceptors (Lipinski definition) is 3. The highest BCUT2D eigenvalue weighted by molar-refractivity contribution is 6.33. The van der Waals surface area contributed by atoms with Gasteiger partial charge < -0.3 is 16.0 Å². The van der Waals surface area contributed by atoms with E-state index in [2.05, 4.69) is 16.0 Å². The molecule has 2 rings (SSSR count). The molecule has 0 aliphatic carbocycles. The Labute approximate surface area is 150 Å². The van der Waals surface area contributed by atoms with E-state index in [0.717, 1.165) is 6.42 Å². The van der Waals surface area contributed by atoms with Gasteiger partial charge in [0, 0.05) is 17.8 Å². The van der Waals surface area contributed by atoms with Gasteiger partial charge in [-0.15, -0.1) is 0 Å². The van der Waals surface area contributed by atoms with E-state index in [0.29, 0.717) is 28.5 Å². The molecule has 0 saturated heterocycles. The van der Waals surface area contributed by atoms with Crippen molar-refractivity contribution in [2.75, 3.05) is 22.5 Å². The van der Waals surface area contributed by atoms with Crippen LogP contribution in [0.4, 0.5) is 21.5 Å². The van der Waals surface area contributed by atoms with Gasteiger partial charge in [0.05, 0.1) is 17.3 Å². The highest BCUT2D eigenvalue weighted by atomic mass is 35.5. The van der Waals surface area contributed by atoms with Crippen molar-refractivity contribution >= 4 is 40.5 Å². The number of carbonyl (C=O) groups excluding carboxylic acids is 2. The molecule has 0 bridgehead atoms. The lowest BCUT2D eigenvalue weighted by atomic mass is 10.2. The second-order valence-corrected chi connectivity index (χ2v) is 5.81. The zero-order valence-electron chi connectivity index (χ0n) is 13.7. The second-order valence-electron chi connectivity index (χ2n) is 5.40. The fourth-order valence-electron chi connectivity index (χ4n) is 2.10. The summed E-state index contributed by atoms with van der Waals surface area (Å²) in [5.41, 5.74) is 1.63. The van der Waals surface area contributed by atoms with E-state index in [9.17, 15) is 14.0 Å². The van der Waals surface area contributed by atoms with Gasteiger partial charge in [0.2, 0.25) is 11.8 Å². The van der Waals surface area contributed by atoms with Crippen LogP contribution in [0.3, 0.4) is 0 Å². The van der Waals surface area contributed by atoms with Crippen LogP contribution in [-0.2, 0) is 9.59 Å². The molecule has 7 heteroatoms. The highest BCUT2D eigenvalue weighted by Gasteiger charge is 2.07. The second kappa shape index (κ2) is 9.03. The van der Waals surface area contributed by atoms with Crippen LogP contribution in [0, 0.1) is 5.82 Å². The van der Waals surface area contributed by atoms with Crippen molar-refractivity contribution in [2.45, 2.75) is 19.8 Å². The Hall–Kier alpha value is -2.60. The first-order valence-corrected chi connectivity index (χ1v) is 8.24. The zero-order valence-corrected chi connectivity index (χ0v) is 14.5. The molecule has 0 unspecified atom stereocenters. The van der Waals surface area contributed by atoms with E-state index in [-0.39, 0.29) is 24.2 Å². The number of halogens is 2. The van der Waals surface area contributed by atoms with Gasteiger partial charge in [-0.2, -0.15) is 0 Å². The molecule has 0 spiro atoms. The van der Waals surface area contributed by atoms with Crippen LogP contribution in [0.5, 0.6) is 0 Å². The topological polar surface area (TPSA) is 70.2 Å². The Morgan fingerprint density at radius 2 is 1.64 bits per heavy atom. The van der Waals surface area contributed by atoms with E-state index in [1.807, 2.05) is 6.92 Å². The molecule has 0 fully saturated rings. The molecule has 0 heterocycles. The molecule has 2 amide bonds. The van der Waals surface area contributed by atoms with Crippen LogP contribution in [-0.4, -0.2) is 18.4 Å². The third-order valence-electron chi connectivity index (χ3n) is 3.29. The summed E-state index contributed by atoms with van der Waals surface area (Å²) in [6, 6.07) is 10.5. The van der Waals surface area contributed by atoms with Crippen LogP contribution in [0.2, 0.25) is 5.02 Å². The molecule has 25 heavy (non-hydrogen) atoms. The van der Waals surface area contributed by atoms with Gasteiger partial charge in [-0.1, -0.05) is 18.5 Å². The number of benzene rings is 2. The maximum absolute atomic E-state index is 12.8. The van der Waals surface area contributed by atoms with Gasteiger partial charge >= 0.3 is 0 Å². The molecule has 132 valence electrons. The van der Waals surface area contributed by atoms with Crippen molar-refractivity contribution < 1.29 is 14.0 Å². The predicted octanol–water partition coefficient (Wildman–Crippen LogP) is 4.27. The largest absolute Gasteiger partial charge is 0.375 e. The minimum atomic E-state index is -0.371. The average Bonchev–Trinajstić information content (AvgIpc) is 2.57. The van der Waals surface area contributed by atoms with E-state index in [1.54, 1.807) is 18.2 Å². The summed E-state index contributed by atoms with van der Waals surface area (Å²) in [5, 5.41) is 8.77. The summed E-state index contributed by atoms with van der Waals surface area (Å²) in [7, 11) is 0. The van der Waals surface area contributed by atoms with Crippen molar-refractivity contribution in [1.82, 2.24) is 0 Å². The molecule has 0 aliphatic heterocycles. The number of hydrogen-bond donors (Lipinski definition) is 3. The first-order valence-electron chi connectivity index (χ1n) is 7.86. The van der Waals surface area contributed by atoms with Crippen molar-refractivity contribution in [3.05, 3.63) is 53.3 Å². The summed E-state index contributed by atoms with van der Waals surface area (Å²) in [5.74, 6) is -0.752. The Morgan fingerprint density at radius 3 is 2.32 bits per heavy atom. The molecule has 0 radical (unpaired) electrons. The van der Waals surface area contributed by atoms with Crippen LogP contribution < -0.4 is 16.0 Å². The Kier molecular flexibility index (Phi) is 6.77. The fourth-order valence-corrected chi connectivity index (χ4v) is 2.29. The number of nitrogens with one attached hydrogen (secondary N) is 3. The molecule has 0 saturated carbocycles. The monoisotopic (exact) mass is 363 g/mol. The maximum Gasteiger partial charge on any atom is 0.243 e. The molecule has 2 aromatic carbocycles. The summed E-state index contributed by atoms with van der Waals surface area (Å²) in [6.07, 6.45) is 1.19. The van der Waals surface area contributed by atoms with E-state index in [1.165, 1.54) is 24.3 Å². The van der Waals surface area contributed by atoms with Crippen molar-refractivity contribution in [1.29, 1.82) is 0 Å². The predicted molar refractivity (Wildman–Crippen MR) is 98.5 cm³/mol. The first-order chi connectivity index (χ1) is 12.0. The van der Waals surface area contributed by atoms with Gasteiger partial charge in [0.25, 0.3) is 0 Å². The van der Waals surface area contributed by atoms with Crippen molar-refractivity contribution in [3.63, 3.8) is 0 Å². The molecule has 2 aromatic rings.